The van der Waals surface area contributed by atoms with Crippen molar-refractivity contribution in [3.63, 3.8) is 0 Å². The molecular weight excluding hydrogens is 338 g/mol. The van der Waals surface area contributed by atoms with E-state index in [1.807, 2.05) is 13.0 Å². The highest BCUT2D eigenvalue weighted by Gasteiger charge is 2.26. The average Bonchev–Trinajstić information content (AvgIpc) is 3.00. The highest BCUT2D eigenvalue weighted by molar-refractivity contribution is 7.89. The molecule has 1 saturated carbocycles. The predicted octanol–water partition coefficient (Wildman–Crippen LogP) is 3.50. The summed E-state index contributed by atoms with van der Waals surface area (Å²) in [4.78, 5) is 10.8. The summed E-state index contributed by atoms with van der Waals surface area (Å²) >= 11 is 0. The normalized spacial score (nSPS) is 21.0. The van der Waals surface area contributed by atoms with Gasteiger partial charge in [0.15, 0.2) is 0 Å². The molecule has 0 aliphatic heterocycles. The number of rotatable bonds is 9. The zero-order chi connectivity index (χ0) is 18.3. The maximum Gasteiger partial charge on any atom is 0.303 e. The van der Waals surface area contributed by atoms with Crippen LogP contribution in [0.3, 0.4) is 0 Å². The second kappa shape index (κ2) is 9.15. The van der Waals surface area contributed by atoms with Gasteiger partial charge >= 0.3 is 5.97 Å². The lowest BCUT2D eigenvalue weighted by atomic mass is 9.95. The number of aryl methyl sites for hydroxylation is 1. The first-order valence-electron chi connectivity index (χ1n) is 8.83. The van der Waals surface area contributed by atoms with E-state index < -0.39 is 16.0 Å². The SMILES string of the molecule is Cc1ccc(S(=O)(=O)NCC2CCCC2C=CCCCC(=O)O)cc1. The number of sulfonamides is 1. The molecule has 0 radical (unpaired) electrons. The highest BCUT2D eigenvalue weighted by Crippen LogP contribution is 2.32. The van der Waals surface area contributed by atoms with Crippen molar-refractivity contribution < 1.29 is 18.3 Å². The van der Waals surface area contributed by atoms with Gasteiger partial charge in [0.2, 0.25) is 10.0 Å². The third-order valence-electron chi connectivity index (χ3n) is 4.73. The zero-order valence-electron chi connectivity index (χ0n) is 14.6. The Kier molecular flexibility index (Phi) is 7.20. The fraction of sp³-hybridized carbons (Fsp3) is 0.526. The minimum absolute atomic E-state index is 0.189. The number of carbonyl (C=O) groups is 1. The van der Waals surface area contributed by atoms with E-state index >= 15 is 0 Å². The number of hydrogen-bond donors (Lipinski definition) is 2. The number of carboxylic acids is 1. The summed E-state index contributed by atoms with van der Waals surface area (Å²) in [6.45, 7) is 2.37. The van der Waals surface area contributed by atoms with Gasteiger partial charge in [-0.2, -0.15) is 0 Å². The Balaban J connectivity index is 1.85. The molecule has 2 N–H and O–H groups in total. The first-order chi connectivity index (χ1) is 11.9. The smallest absolute Gasteiger partial charge is 0.303 e. The lowest BCUT2D eigenvalue weighted by molar-refractivity contribution is -0.137. The first-order valence-corrected chi connectivity index (χ1v) is 10.3. The Morgan fingerprint density at radius 3 is 2.68 bits per heavy atom. The fourth-order valence-corrected chi connectivity index (χ4v) is 4.33. The molecule has 1 aliphatic carbocycles. The number of hydrogen-bond acceptors (Lipinski definition) is 3. The van der Waals surface area contributed by atoms with Crippen LogP contribution in [0.5, 0.6) is 0 Å². The molecule has 0 saturated heterocycles. The van der Waals surface area contributed by atoms with E-state index in [9.17, 15) is 13.2 Å². The molecule has 6 heteroatoms. The van der Waals surface area contributed by atoms with Gasteiger partial charge in [-0.05, 0) is 56.6 Å². The van der Waals surface area contributed by atoms with E-state index in [-0.39, 0.29) is 6.42 Å². The van der Waals surface area contributed by atoms with Gasteiger partial charge in [-0.15, -0.1) is 0 Å². The van der Waals surface area contributed by atoms with Crippen molar-refractivity contribution in [2.75, 3.05) is 6.54 Å². The molecule has 0 amide bonds. The van der Waals surface area contributed by atoms with E-state index in [0.29, 0.717) is 29.7 Å². The molecule has 25 heavy (non-hydrogen) atoms. The van der Waals surface area contributed by atoms with Crippen LogP contribution >= 0.6 is 0 Å². The van der Waals surface area contributed by atoms with Gasteiger partial charge in [0.25, 0.3) is 0 Å². The molecule has 138 valence electrons. The Bertz CT molecular complexity index is 695. The summed E-state index contributed by atoms with van der Waals surface area (Å²) in [5, 5.41) is 8.63. The van der Waals surface area contributed by atoms with E-state index in [2.05, 4.69) is 10.8 Å². The van der Waals surface area contributed by atoms with Crippen LogP contribution < -0.4 is 4.72 Å². The Labute approximate surface area is 150 Å². The summed E-state index contributed by atoms with van der Waals surface area (Å²) in [5.41, 5.74) is 1.03. The summed E-state index contributed by atoms with van der Waals surface area (Å²) in [6.07, 6.45) is 8.94. The van der Waals surface area contributed by atoms with E-state index in [0.717, 1.165) is 31.2 Å². The lowest BCUT2D eigenvalue weighted by Crippen LogP contribution is -2.30. The van der Waals surface area contributed by atoms with Gasteiger partial charge in [0, 0.05) is 13.0 Å². The first kappa shape index (κ1) is 19.7. The van der Waals surface area contributed by atoms with Gasteiger partial charge in [-0.25, -0.2) is 13.1 Å². The molecule has 1 aromatic rings. The third kappa shape index (κ3) is 6.29. The predicted molar refractivity (Wildman–Crippen MR) is 97.8 cm³/mol. The zero-order valence-corrected chi connectivity index (χ0v) is 15.5. The van der Waals surface area contributed by atoms with E-state index in [1.165, 1.54) is 0 Å². The number of carboxylic acid groups (broad SMARTS) is 1. The van der Waals surface area contributed by atoms with Crippen LogP contribution in [0.2, 0.25) is 0 Å². The van der Waals surface area contributed by atoms with Crippen molar-refractivity contribution in [2.24, 2.45) is 11.8 Å². The van der Waals surface area contributed by atoms with Gasteiger partial charge in [-0.3, -0.25) is 4.79 Å². The fourth-order valence-electron chi connectivity index (χ4n) is 3.23. The summed E-state index contributed by atoms with van der Waals surface area (Å²) < 4.78 is 27.5. The van der Waals surface area contributed by atoms with Crippen LogP contribution in [0.1, 0.15) is 44.1 Å². The molecule has 0 bridgehead atoms. The topological polar surface area (TPSA) is 83.5 Å². The Hall–Kier alpha value is -1.66. The molecule has 2 atom stereocenters. The summed E-state index contributed by atoms with van der Waals surface area (Å²) in [6, 6.07) is 6.86. The second-order valence-corrected chi connectivity index (χ2v) is 8.50. The number of aliphatic carboxylic acids is 1. The number of allylic oxidation sites excluding steroid dienone is 2. The number of nitrogens with one attached hydrogen (secondary N) is 1. The molecule has 0 aromatic heterocycles. The van der Waals surface area contributed by atoms with Crippen molar-refractivity contribution in [2.45, 2.75) is 50.3 Å². The van der Waals surface area contributed by atoms with Crippen molar-refractivity contribution in [1.82, 2.24) is 4.72 Å². The van der Waals surface area contributed by atoms with Gasteiger partial charge < -0.3 is 5.11 Å². The molecule has 0 spiro atoms. The standard InChI is InChI=1S/C19H27NO4S/c1-15-10-12-18(13-11-15)25(23,24)20-14-17-8-5-7-16(17)6-3-2-4-9-19(21)22/h3,6,10-13,16-17,20H,2,4-5,7-9,14H2,1H3,(H,21,22). The van der Waals surface area contributed by atoms with Crippen LogP contribution in [0.4, 0.5) is 0 Å². The molecule has 1 aromatic carbocycles. The van der Waals surface area contributed by atoms with E-state index in [4.69, 9.17) is 5.11 Å². The molecule has 2 unspecified atom stereocenters. The Morgan fingerprint density at radius 2 is 2.00 bits per heavy atom. The van der Waals surface area contributed by atoms with Crippen LogP contribution in [0, 0.1) is 18.8 Å². The minimum Gasteiger partial charge on any atom is -0.481 e. The van der Waals surface area contributed by atoms with Crippen LogP contribution in [0.15, 0.2) is 41.3 Å². The van der Waals surface area contributed by atoms with Gasteiger partial charge in [0.05, 0.1) is 4.90 Å². The van der Waals surface area contributed by atoms with Crippen molar-refractivity contribution in [3.8, 4) is 0 Å². The summed E-state index contributed by atoms with van der Waals surface area (Å²) in [5.74, 6) is -0.0980. The maximum absolute atomic E-state index is 12.4. The van der Waals surface area contributed by atoms with Crippen molar-refractivity contribution in [3.05, 3.63) is 42.0 Å². The third-order valence-corrected chi connectivity index (χ3v) is 6.17. The van der Waals surface area contributed by atoms with Gasteiger partial charge in [0.1, 0.15) is 0 Å². The van der Waals surface area contributed by atoms with Crippen molar-refractivity contribution >= 4 is 16.0 Å². The highest BCUT2D eigenvalue weighted by atomic mass is 32.2. The maximum atomic E-state index is 12.4. The monoisotopic (exact) mass is 365 g/mol. The van der Waals surface area contributed by atoms with Crippen molar-refractivity contribution in [1.29, 1.82) is 0 Å². The number of unbranched alkanes of at least 4 members (excludes halogenated alkanes) is 1. The number of benzene rings is 1. The molecular formula is C19H27NO4S. The lowest BCUT2D eigenvalue weighted by Gasteiger charge is -2.17. The molecule has 1 fully saturated rings. The van der Waals surface area contributed by atoms with Crippen LogP contribution in [-0.2, 0) is 14.8 Å². The average molecular weight is 365 g/mol. The van der Waals surface area contributed by atoms with Gasteiger partial charge in [-0.1, -0.05) is 36.3 Å². The molecule has 5 nitrogen and oxygen atoms in total. The quantitative estimate of drug-likeness (QED) is 0.518. The van der Waals surface area contributed by atoms with Crippen LogP contribution in [0.25, 0.3) is 0 Å². The minimum atomic E-state index is -3.47. The largest absolute Gasteiger partial charge is 0.481 e. The second-order valence-electron chi connectivity index (χ2n) is 6.73. The van der Waals surface area contributed by atoms with E-state index in [1.54, 1.807) is 24.3 Å². The summed E-state index contributed by atoms with van der Waals surface area (Å²) in [7, 11) is -3.47. The molecule has 1 aliphatic rings. The molecule has 2 rings (SSSR count). The molecule has 0 heterocycles. The Morgan fingerprint density at radius 1 is 1.28 bits per heavy atom. The van der Waals surface area contributed by atoms with Crippen LogP contribution in [-0.4, -0.2) is 26.0 Å².